The molecule has 158 valence electrons. The van der Waals surface area contributed by atoms with Crippen LogP contribution in [0.5, 0.6) is 5.75 Å². The minimum atomic E-state index is 0.796. The number of benzene rings is 2. The molecule has 0 N–H and O–H groups in total. The van der Waals surface area contributed by atoms with E-state index in [2.05, 4.69) is 69.1 Å². The molecular weight excluding hydrogens is 392 g/mol. The molecule has 0 spiro atoms. The van der Waals surface area contributed by atoms with E-state index in [0.29, 0.717) is 0 Å². The topological polar surface area (TPSA) is 43.2 Å². The van der Waals surface area contributed by atoms with Gasteiger partial charge in [-0.1, -0.05) is 66.2 Å². The van der Waals surface area contributed by atoms with Crippen molar-refractivity contribution >= 4 is 11.8 Å². The maximum absolute atomic E-state index is 5.56. The predicted molar refractivity (Wildman–Crippen MR) is 122 cm³/mol. The van der Waals surface area contributed by atoms with Crippen molar-refractivity contribution in [3.8, 4) is 5.75 Å². The zero-order valence-electron chi connectivity index (χ0n) is 17.9. The average Bonchev–Trinajstić information content (AvgIpc) is 3.15. The van der Waals surface area contributed by atoms with Crippen LogP contribution in [0.4, 0.5) is 0 Å². The summed E-state index contributed by atoms with van der Waals surface area (Å²) in [6.45, 7) is 6.09. The molecule has 30 heavy (non-hydrogen) atoms. The Hall–Kier alpha value is -2.31. The van der Waals surface area contributed by atoms with Crippen LogP contribution in [-0.4, -0.2) is 39.9 Å². The van der Waals surface area contributed by atoms with Crippen molar-refractivity contribution in [3.05, 3.63) is 71.0 Å². The van der Waals surface area contributed by atoms with Gasteiger partial charge in [-0.15, -0.1) is 10.2 Å². The van der Waals surface area contributed by atoms with E-state index in [1.54, 1.807) is 18.9 Å². The summed E-state index contributed by atoms with van der Waals surface area (Å²) in [7, 11) is 1.73. The van der Waals surface area contributed by atoms with Crippen LogP contribution in [0.2, 0.25) is 0 Å². The Morgan fingerprint density at radius 3 is 2.53 bits per heavy atom. The normalized spacial score (nSPS) is 14.7. The Labute approximate surface area is 183 Å². The SMILES string of the molecule is COc1ccc(C)cc1CSc1nnc(CN2CCCCC2)n1Cc1ccccc1. The number of nitrogens with zero attached hydrogens (tertiary/aromatic N) is 4. The number of piperidine rings is 1. The van der Waals surface area contributed by atoms with Gasteiger partial charge in [-0.25, -0.2) is 0 Å². The summed E-state index contributed by atoms with van der Waals surface area (Å²) < 4.78 is 7.85. The fourth-order valence-electron chi connectivity index (χ4n) is 3.95. The third-order valence-corrected chi connectivity index (χ3v) is 6.60. The summed E-state index contributed by atoms with van der Waals surface area (Å²) in [5, 5.41) is 10.1. The average molecular weight is 423 g/mol. The molecule has 1 aliphatic heterocycles. The molecule has 2 aromatic carbocycles. The number of aromatic nitrogens is 3. The summed E-state index contributed by atoms with van der Waals surface area (Å²) in [4.78, 5) is 2.51. The molecule has 0 amide bonds. The predicted octanol–water partition coefficient (Wildman–Crippen LogP) is 4.92. The number of rotatable bonds is 8. The summed E-state index contributed by atoms with van der Waals surface area (Å²) in [5.74, 6) is 2.79. The van der Waals surface area contributed by atoms with Crippen LogP contribution in [0, 0.1) is 6.92 Å². The second-order valence-electron chi connectivity index (χ2n) is 7.91. The van der Waals surface area contributed by atoms with E-state index in [-0.39, 0.29) is 0 Å². The minimum Gasteiger partial charge on any atom is -0.496 e. The molecule has 1 aromatic heterocycles. The van der Waals surface area contributed by atoms with Crippen molar-refractivity contribution in [3.63, 3.8) is 0 Å². The lowest BCUT2D eigenvalue weighted by atomic mass is 10.1. The number of hydrogen-bond donors (Lipinski definition) is 0. The Morgan fingerprint density at radius 2 is 1.77 bits per heavy atom. The third kappa shape index (κ3) is 5.24. The maximum atomic E-state index is 5.56. The molecule has 2 heterocycles. The monoisotopic (exact) mass is 422 g/mol. The van der Waals surface area contributed by atoms with E-state index in [4.69, 9.17) is 4.74 Å². The first-order valence-electron chi connectivity index (χ1n) is 10.7. The van der Waals surface area contributed by atoms with Crippen molar-refractivity contribution in [1.29, 1.82) is 0 Å². The van der Waals surface area contributed by atoms with Gasteiger partial charge in [0.2, 0.25) is 0 Å². The molecule has 4 rings (SSSR count). The van der Waals surface area contributed by atoms with Crippen LogP contribution in [0.3, 0.4) is 0 Å². The summed E-state index contributed by atoms with van der Waals surface area (Å²) in [6.07, 6.45) is 3.90. The highest BCUT2D eigenvalue weighted by molar-refractivity contribution is 7.98. The zero-order chi connectivity index (χ0) is 20.8. The Morgan fingerprint density at radius 1 is 0.967 bits per heavy atom. The van der Waals surface area contributed by atoms with Crippen molar-refractivity contribution < 1.29 is 4.74 Å². The minimum absolute atomic E-state index is 0.796. The van der Waals surface area contributed by atoms with E-state index in [1.807, 2.05) is 6.07 Å². The van der Waals surface area contributed by atoms with Gasteiger partial charge in [0.15, 0.2) is 5.16 Å². The number of ether oxygens (including phenoxy) is 1. The molecule has 0 saturated carbocycles. The lowest BCUT2D eigenvalue weighted by Crippen LogP contribution is -2.30. The molecule has 1 saturated heterocycles. The van der Waals surface area contributed by atoms with Crippen molar-refractivity contribution in [1.82, 2.24) is 19.7 Å². The van der Waals surface area contributed by atoms with E-state index in [0.717, 1.165) is 48.7 Å². The van der Waals surface area contributed by atoms with Gasteiger partial charge in [0.1, 0.15) is 11.6 Å². The summed E-state index contributed by atoms with van der Waals surface area (Å²) >= 11 is 1.73. The van der Waals surface area contributed by atoms with Crippen LogP contribution in [0.1, 0.15) is 41.8 Å². The van der Waals surface area contributed by atoms with Crippen molar-refractivity contribution in [2.45, 2.75) is 50.2 Å². The van der Waals surface area contributed by atoms with E-state index in [1.165, 1.54) is 36.0 Å². The summed E-state index contributed by atoms with van der Waals surface area (Å²) in [6, 6.07) is 16.9. The van der Waals surface area contributed by atoms with Crippen LogP contribution in [0.25, 0.3) is 0 Å². The fraction of sp³-hybridized carbons (Fsp3) is 0.417. The molecular formula is C24H30N4OS. The molecule has 0 atom stereocenters. The molecule has 0 aliphatic carbocycles. The lowest BCUT2D eigenvalue weighted by molar-refractivity contribution is 0.213. The van der Waals surface area contributed by atoms with Gasteiger partial charge in [0.25, 0.3) is 0 Å². The second kappa shape index (κ2) is 10.1. The van der Waals surface area contributed by atoms with Gasteiger partial charge in [-0.05, 0) is 44.5 Å². The van der Waals surface area contributed by atoms with Crippen LogP contribution in [-0.2, 0) is 18.8 Å². The van der Waals surface area contributed by atoms with Gasteiger partial charge in [-0.3, -0.25) is 4.90 Å². The van der Waals surface area contributed by atoms with E-state index in [9.17, 15) is 0 Å². The van der Waals surface area contributed by atoms with Crippen LogP contribution in [0.15, 0.2) is 53.7 Å². The standard InChI is InChI=1S/C24H30N4OS/c1-19-11-12-22(29-2)21(15-19)18-30-24-26-25-23(17-27-13-7-4-8-14-27)28(24)16-20-9-5-3-6-10-20/h3,5-6,9-12,15H,4,7-8,13-14,16-18H2,1-2H3. The highest BCUT2D eigenvalue weighted by Crippen LogP contribution is 2.29. The fourth-order valence-corrected chi connectivity index (χ4v) is 4.88. The second-order valence-corrected chi connectivity index (χ2v) is 8.85. The lowest BCUT2D eigenvalue weighted by Gasteiger charge is -2.26. The van der Waals surface area contributed by atoms with Gasteiger partial charge < -0.3 is 9.30 Å². The summed E-state index contributed by atoms with van der Waals surface area (Å²) in [5.41, 5.74) is 3.70. The maximum Gasteiger partial charge on any atom is 0.191 e. The van der Waals surface area contributed by atoms with Gasteiger partial charge in [-0.2, -0.15) is 0 Å². The first-order valence-corrected chi connectivity index (χ1v) is 11.7. The molecule has 0 radical (unpaired) electrons. The Kier molecular flexibility index (Phi) is 7.07. The van der Waals surface area contributed by atoms with E-state index >= 15 is 0 Å². The van der Waals surface area contributed by atoms with E-state index < -0.39 is 0 Å². The molecule has 3 aromatic rings. The number of aryl methyl sites for hydroxylation is 1. The Balaban J connectivity index is 1.56. The first kappa shape index (κ1) is 20.9. The largest absolute Gasteiger partial charge is 0.496 e. The molecule has 1 aliphatic rings. The molecule has 5 nitrogen and oxygen atoms in total. The number of hydrogen-bond acceptors (Lipinski definition) is 5. The third-order valence-electron chi connectivity index (χ3n) is 5.58. The molecule has 0 bridgehead atoms. The Bertz CT molecular complexity index is 951. The smallest absolute Gasteiger partial charge is 0.191 e. The first-order chi connectivity index (χ1) is 14.7. The van der Waals surface area contributed by atoms with Crippen LogP contribution >= 0.6 is 11.8 Å². The van der Waals surface area contributed by atoms with Crippen molar-refractivity contribution in [2.75, 3.05) is 20.2 Å². The van der Waals surface area contributed by atoms with Crippen molar-refractivity contribution in [2.24, 2.45) is 0 Å². The molecule has 0 unspecified atom stereocenters. The molecule has 6 heteroatoms. The highest BCUT2D eigenvalue weighted by atomic mass is 32.2. The molecule has 1 fully saturated rings. The van der Waals surface area contributed by atoms with Gasteiger partial charge in [0.05, 0.1) is 20.2 Å². The number of methoxy groups -OCH3 is 1. The quantitative estimate of drug-likeness (QED) is 0.482. The number of thioether (sulfide) groups is 1. The van der Waals surface area contributed by atoms with Gasteiger partial charge in [0, 0.05) is 11.3 Å². The number of likely N-dealkylation sites (tertiary alicyclic amines) is 1. The highest BCUT2D eigenvalue weighted by Gasteiger charge is 2.18. The van der Waals surface area contributed by atoms with Gasteiger partial charge >= 0.3 is 0 Å². The van der Waals surface area contributed by atoms with Crippen LogP contribution < -0.4 is 4.74 Å². The zero-order valence-corrected chi connectivity index (χ0v) is 18.7.